The van der Waals surface area contributed by atoms with E-state index < -0.39 is 0 Å². The summed E-state index contributed by atoms with van der Waals surface area (Å²) in [4.78, 5) is 12.0. The first kappa shape index (κ1) is 15.0. The van der Waals surface area contributed by atoms with Crippen molar-refractivity contribution in [1.82, 2.24) is 0 Å². The first-order chi connectivity index (χ1) is 9.31. The van der Waals surface area contributed by atoms with Gasteiger partial charge in [-0.2, -0.15) is 0 Å². The van der Waals surface area contributed by atoms with E-state index in [2.05, 4.69) is 6.92 Å². The summed E-state index contributed by atoms with van der Waals surface area (Å²) in [6.07, 6.45) is 14.9. The minimum atomic E-state index is 0.229. The van der Waals surface area contributed by atoms with Gasteiger partial charge in [0.05, 0.1) is 12.2 Å². The molecule has 19 heavy (non-hydrogen) atoms. The lowest BCUT2D eigenvalue weighted by molar-refractivity contribution is -0.138. The van der Waals surface area contributed by atoms with Gasteiger partial charge in [0.15, 0.2) is 0 Å². The molecule has 110 valence electrons. The Kier molecular flexibility index (Phi) is 6.36. The van der Waals surface area contributed by atoms with Crippen LogP contribution < -0.4 is 0 Å². The Hall–Kier alpha value is -0.370. The van der Waals surface area contributed by atoms with Crippen LogP contribution >= 0.6 is 0 Å². The summed E-state index contributed by atoms with van der Waals surface area (Å²) in [5.74, 6) is 0.704. The Morgan fingerprint density at radius 2 is 1.95 bits per heavy atom. The van der Waals surface area contributed by atoms with E-state index in [9.17, 15) is 4.79 Å². The summed E-state index contributed by atoms with van der Waals surface area (Å²) in [5, 5.41) is 0. The molecule has 3 atom stereocenters. The predicted molar refractivity (Wildman–Crippen MR) is 78.2 cm³/mol. The van der Waals surface area contributed by atoms with Crippen molar-refractivity contribution < 1.29 is 9.53 Å². The zero-order valence-corrected chi connectivity index (χ0v) is 12.5. The predicted octanol–water partition coefficient (Wildman–Crippen LogP) is 4.65. The summed E-state index contributed by atoms with van der Waals surface area (Å²) < 4.78 is 6.26. The molecule has 2 fully saturated rings. The molecule has 0 aromatic heterocycles. The molecule has 0 aromatic rings. The molecule has 0 N–H and O–H groups in total. The van der Waals surface area contributed by atoms with E-state index >= 15 is 0 Å². The summed E-state index contributed by atoms with van der Waals surface area (Å²) in [5.41, 5.74) is 0. The van der Waals surface area contributed by atoms with Crippen LogP contribution in [-0.2, 0) is 9.53 Å². The molecule has 1 saturated heterocycles. The van der Waals surface area contributed by atoms with Gasteiger partial charge in [-0.1, -0.05) is 39.0 Å². The van der Waals surface area contributed by atoms with Gasteiger partial charge in [0.1, 0.15) is 5.78 Å². The molecular weight excluding hydrogens is 236 g/mol. The lowest BCUT2D eigenvalue weighted by Gasteiger charge is -2.36. The minimum absolute atomic E-state index is 0.229. The molecule has 1 aliphatic carbocycles. The van der Waals surface area contributed by atoms with Crippen molar-refractivity contribution in [2.24, 2.45) is 5.92 Å². The topological polar surface area (TPSA) is 26.3 Å². The van der Waals surface area contributed by atoms with Gasteiger partial charge in [0.25, 0.3) is 0 Å². The molecule has 2 aliphatic rings. The summed E-state index contributed by atoms with van der Waals surface area (Å²) in [7, 11) is 0. The SMILES string of the molecule is CCCCCC[C@H]1CCC[C@@H](C2CCCCC2=O)O1. The van der Waals surface area contributed by atoms with Crippen LogP contribution in [-0.4, -0.2) is 18.0 Å². The first-order valence-corrected chi connectivity index (χ1v) is 8.49. The number of ketones is 1. The van der Waals surface area contributed by atoms with Crippen molar-refractivity contribution in [1.29, 1.82) is 0 Å². The maximum Gasteiger partial charge on any atom is 0.138 e. The van der Waals surface area contributed by atoms with Crippen LogP contribution in [0.25, 0.3) is 0 Å². The van der Waals surface area contributed by atoms with E-state index in [1.165, 1.54) is 51.4 Å². The van der Waals surface area contributed by atoms with E-state index in [0.717, 1.165) is 25.7 Å². The van der Waals surface area contributed by atoms with Gasteiger partial charge in [0.2, 0.25) is 0 Å². The van der Waals surface area contributed by atoms with Crippen molar-refractivity contribution in [3.05, 3.63) is 0 Å². The molecule has 0 amide bonds. The molecule has 2 nitrogen and oxygen atoms in total. The molecule has 1 aliphatic heterocycles. The summed E-state index contributed by atoms with van der Waals surface area (Å²) in [6, 6.07) is 0. The fraction of sp³-hybridized carbons (Fsp3) is 0.941. The number of ether oxygens (including phenoxy) is 1. The number of carbonyl (C=O) groups excluding carboxylic acids is 1. The van der Waals surface area contributed by atoms with Crippen LogP contribution in [0.4, 0.5) is 0 Å². The van der Waals surface area contributed by atoms with Crippen LogP contribution in [0, 0.1) is 5.92 Å². The van der Waals surface area contributed by atoms with Crippen molar-refractivity contribution in [2.45, 2.75) is 96.2 Å². The van der Waals surface area contributed by atoms with Gasteiger partial charge in [-0.05, 0) is 38.5 Å². The Balaban J connectivity index is 1.74. The zero-order chi connectivity index (χ0) is 13.5. The number of rotatable bonds is 6. The smallest absolute Gasteiger partial charge is 0.138 e. The zero-order valence-electron chi connectivity index (χ0n) is 12.5. The summed E-state index contributed by atoms with van der Waals surface area (Å²) in [6.45, 7) is 2.25. The van der Waals surface area contributed by atoms with Crippen LogP contribution in [0.2, 0.25) is 0 Å². The fourth-order valence-electron chi connectivity index (χ4n) is 3.64. The van der Waals surface area contributed by atoms with Crippen LogP contribution in [0.15, 0.2) is 0 Å². The monoisotopic (exact) mass is 266 g/mol. The molecule has 0 radical (unpaired) electrons. The molecule has 2 rings (SSSR count). The molecule has 2 heteroatoms. The normalized spacial score (nSPS) is 32.5. The lowest BCUT2D eigenvalue weighted by Crippen LogP contribution is -2.38. The number of hydrogen-bond donors (Lipinski definition) is 0. The van der Waals surface area contributed by atoms with E-state index in [-0.39, 0.29) is 12.0 Å². The van der Waals surface area contributed by atoms with Gasteiger partial charge in [-0.25, -0.2) is 0 Å². The van der Waals surface area contributed by atoms with Crippen molar-refractivity contribution >= 4 is 5.78 Å². The molecule has 0 aromatic carbocycles. The van der Waals surface area contributed by atoms with Crippen molar-refractivity contribution in [3.8, 4) is 0 Å². The fourth-order valence-corrected chi connectivity index (χ4v) is 3.64. The Bertz CT molecular complexity index is 274. The molecule has 1 heterocycles. The first-order valence-electron chi connectivity index (χ1n) is 8.49. The maximum atomic E-state index is 12.0. The van der Waals surface area contributed by atoms with Crippen LogP contribution in [0.5, 0.6) is 0 Å². The van der Waals surface area contributed by atoms with Gasteiger partial charge in [-0.3, -0.25) is 4.79 Å². The molecule has 1 unspecified atom stereocenters. The summed E-state index contributed by atoms with van der Waals surface area (Å²) >= 11 is 0. The Morgan fingerprint density at radius 1 is 1.05 bits per heavy atom. The van der Waals surface area contributed by atoms with E-state index in [1.54, 1.807) is 0 Å². The molecule has 0 bridgehead atoms. The Labute approximate surface area is 118 Å². The third-order valence-corrected chi connectivity index (χ3v) is 4.81. The number of Topliss-reactive ketones (excluding diaryl/α,β-unsaturated/α-hetero) is 1. The average molecular weight is 266 g/mol. The van der Waals surface area contributed by atoms with Gasteiger partial charge >= 0.3 is 0 Å². The minimum Gasteiger partial charge on any atom is -0.374 e. The van der Waals surface area contributed by atoms with E-state index in [1.807, 2.05) is 0 Å². The van der Waals surface area contributed by atoms with Gasteiger partial charge in [-0.15, -0.1) is 0 Å². The third-order valence-electron chi connectivity index (χ3n) is 4.81. The van der Waals surface area contributed by atoms with E-state index in [0.29, 0.717) is 11.9 Å². The second-order valence-corrected chi connectivity index (χ2v) is 6.40. The maximum absolute atomic E-state index is 12.0. The Morgan fingerprint density at radius 3 is 2.74 bits per heavy atom. The number of unbranched alkanes of at least 4 members (excludes halogenated alkanes) is 3. The van der Waals surface area contributed by atoms with Crippen molar-refractivity contribution in [2.75, 3.05) is 0 Å². The standard InChI is InChI=1S/C17H30O2/c1-2-3-4-5-9-14-10-8-13-17(19-14)15-11-6-7-12-16(15)18/h14-15,17H,2-13H2,1H3/t14-,15?,17-/m0/s1. The highest BCUT2D eigenvalue weighted by molar-refractivity contribution is 5.82. The second-order valence-electron chi connectivity index (χ2n) is 6.40. The average Bonchev–Trinajstić information content (AvgIpc) is 2.44. The quantitative estimate of drug-likeness (QED) is 0.654. The van der Waals surface area contributed by atoms with Gasteiger partial charge in [0, 0.05) is 12.3 Å². The van der Waals surface area contributed by atoms with Gasteiger partial charge < -0.3 is 4.74 Å². The second kappa shape index (κ2) is 8.04. The van der Waals surface area contributed by atoms with Crippen LogP contribution in [0.1, 0.15) is 84.0 Å². The third kappa shape index (κ3) is 4.59. The highest BCUT2D eigenvalue weighted by Gasteiger charge is 2.34. The van der Waals surface area contributed by atoms with Crippen molar-refractivity contribution in [3.63, 3.8) is 0 Å². The highest BCUT2D eigenvalue weighted by Crippen LogP contribution is 2.33. The lowest BCUT2D eigenvalue weighted by atomic mass is 9.81. The van der Waals surface area contributed by atoms with Crippen LogP contribution in [0.3, 0.4) is 0 Å². The largest absolute Gasteiger partial charge is 0.374 e. The molecular formula is C17H30O2. The van der Waals surface area contributed by atoms with E-state index in [4.69, 9.17) is 4.74 Å². The molecule has 1 saturated carbocycles. The number of hydrogen-bond acceptors (Lipinski definition) is 2. The molecule has 0 spiro atoms. The highest BCUT2D eigenvalue weighted by atomic mass is 16.5. The number of carbonyl (C=O) groups is 1.